The summed E-state index contributed by atoms with van der Waals surface area (Å²) < 4.78 is 53.1. The van der Waals surface area contributed by atoms with Crippen LogP contribution in [0.25, 0.3) is 0 Å². The van der Waals surface area contributed by atoms with Gasteiger partial charge in [0.2, 0.25) is 0 Å². The lowest BCUT2D eigenvalue weighted by Gasteiger charge is -2.24. The highest BCUT2D eigenvalue weighted by molar-refractivity contribution is 9.10. The third kappa shape index (κ3) is 7.20. The van der Waals surface area contributed by atoms with Crippen LogP contribution >= 0.6 is 15.9 Å². The van der Waals surface area contributed by atoms with Gasteiger partial charge in [-0.15, -0.1) is 0 Å². The molecule has 4 amide bonds. The van der Waals surface area contributed by atoms with Crippen molar-refractivity contribution in [2.75, 3.05) is 28.6 Å². The summed E-state index contributed by atoms with van der Waals surface area (Å²) in [6, 6.07) is 14.8. The average molecular weight is 539 g/mol. The predicted octanol–water partition coefficient (Wildman–Crippen LogP) is 6.47. The minimum absolute atomic E-state index is 0.00967. The van der Waals surface area contributed by atoms with Crippen LogP contribution in [-0.4, -0.2) is 25.2 Å². The highest BCUT2D eigenvalue weighted by atomic mass is 79.9. The summed E-state index contributed by atoms with van der Waals surface area (Å²) in [5.41, 5.74) is -0.128. The molecular formula is C23H19BrF4N4O2. The van der Waals surface area contributed by atoms with Gasteiger partial charge in [-0.1, -0.05) is 22.0 Å². The Morgan fingerprint density at radius 2 is 1.56 bits per heavy atom. The topological polar surface area (TPSA) is 73.5 Å². The van der Waals surface area contributed by atoms with Crippen LogP contribution in [0, 0.1) is 5.82 Å². The van der Waals surface area contributed by atoms with Gasteiger partial charge in [0.25, 0.3) is 0 Å². The van der Waals surface area contributed by atoms with Crippen molar-refractivity contribution in [2.24, 2.45) is 0 Å². The van der Waals surface area contributed by atoms with Crippen LogP contribution in [0.3, 0.4) is 0 Å². The van der Waals surface area contributed by atoms with Crippen molar-refractivity contribution in [2.45, 2.75) is 6.18 Å². The monoisotopic (exact) mass is 538 g/mol. The molecule has 0 radical (unpaired) electrons. The van der Waals surface area contributed by atoms with Crippen LogP contribution in [-0.2, 0) is 6.18 Å². The van der Waals surface area contributed by atoms with Gasteiger partial charge in [-0.25, -0.2) is 14.0 Å². The zero-order valence-electron chi connectivity index (χ0n) is 17.5. The summed E-state index contributed by atoms with van der Waals surface area (Å²) in [7, 11) is 0. The Morgan fingerprint density at radius 1 is 0.882 bits per heavy atom. The summed E-state index contributed by atoms with van der Waals surface area (Å²) in [5, 5.41) is 7.64. The first-order chi connectivity index (χ1) is 16.1. The molecule has 3 rings (SSSR count). The Hall–Kier alpha value is -3.60. The number of amides is 4. The molecule has 0 unspecified atom stereocenters. The molecule has 0 atom stereocenters. The number of halogens is 5. The molecular weight excluding hydrogens is 520 g/mol. The molecule has 0 spiro atoms. The number of anilines is 3. The van der Waals surface area contributed by atoms with Gasteiger partial charge in [-0.05, 0) is 66.7 Å². The van der Waals surface area contributed by atoms with E-state index in [4.69, 9.17) is 0 Å². The first-order valence-corrected chi connectivity index (χ1v) is 10.7. The van der Waals surface area contributed by atoms with Gasteiger partial charge in [0.15, 0.2) is 0 Å². The number of alkyl halides is 3. The number of rotatable bonds is 6. The van der Waals surface area contributed by atoms with Crippen LogP contribution in [0.2, 0.25) is 0 Å². The molecule has 0 aliphatic heterocycles. The average Bonchev–Trinajstić information content (AvgIpc) is 2.79. The lowest BCUT2D eigenvalue weighted by atomic mass is 10.2. The molecule has 0 aliphatic rings. The van der Waals surface area contributed by atoms with Crippen LogP contribution in [0.15, 0.2) is 77.3 Å². The number of urea groups is 2. The highest BCUT2D eigenvalue weighted by Crippen LogP contribution is 2.30. The molecule has 0 fully saturated rings. The smallest absolute Gasteiger partial charge is 0.336 e. The van der Waals surface area contributed by atoms with Crippen molar-refractivity contribution in [1.82, 2.24) is 5.32 Å². The molecule has 178 valence electrons. The van der Waals surface area contributed by atoms with E-state index in [1.807, 2.05) is 0 Å². The fourth-order valence-corrected chi connectivity index (χ4v) is 3.19. The van der Waals surface area contributed by atoms with Gasteiger partial charge in [0.05, 0.1) is 5.56 Å². The molecule has 0 saturated heterocycles. The third-order valence-corrected chi connectivity index (χ3v) is 5.08. The van der Waals surface area contributed by atoms with E-state index >= 15 is 0 Å². The molecule has 3 aromatic rings. The first kappa shape index (κ1) is 25.0. The zero-order chi connectivity index (χ0) is 24.7. The Balaban J connectivity index is 1.67. The van der Waals surface area contributed by atoms with Gasteiger partial charge >= 0.3 is 18.2 Å². The standard InChI is InChI=1S/C23H19BrF4N4O2/c24-16-4-8-18(9-5-16)30-21(33)29-12-13-32(20-10-6-17(25)7-11-20)22(34)31-19-3-1-2-15(14-19)23(26,27)28/h1-11,14H,12-13H2,(H,31,34)(H2,29,30,33). The van der Waals surface area contributed by atoms with Gasteiger partial charge in [-0.3, -0.25) is 4.90 Å². The fourth-order valence-electron chi connectivity index (χ4n) is 2.92. The Morgan fingerprint density at radius 3 is 2.21 bits per heavy atom. The second-order valence-corrected chi connectivity index (χ2v) is 7.94. The fraction of sp³-hybridized carbons (Fsp3) is 0.130. The van der Waals surface area contributed by atoms with Crippen molar-refractivity contribution < 1.29 is 27.2 Å². The van der Waals surface area contributed by atoms with Crippen molar-refractivity contribution >= 4 is 45.1 Å². The summed E-state index contributed by atoms with van der Waals surface area (Å²) in [6.45, 7) is -0.0278. The number of nitrogens with zero attached hydrogens (tertiary/aromatic N) is 1. The zero-order valence-corrected chi connectivity index (χ0v) is 19.1. The minimum atomic E-state index is -4.57. The highest BCUT2D eigenvalue weighted by Gasteiger charge is 2.30. The van der Waals surface area contributed by atoms with Crippen molar-refractivity contribution in [3.8, 4) is 0 Å². The van der Waals surface area contributed by atoms with E-state index in [0.29, 0.717) is 11.4 Å². The predicted molar refractivity (Wildman–Crippen MR) is 125 cm³/mol. The normalized spacial score (nSPS) is 11.0. The van der Waals surface area contributed by atoms with Gasteiger partial charge in [-0.2, -0.15) is 13.2 Å². The molecule has 0 aromatic heterocycles. The molecule has 0 aliphatic carbocycles. The molecule has 0 bridgehead atoms. The second-order valence-electron chi connectivity index (χ2n) is 7.02. The number of benzene rings is 3. The van der Waals surface area contributed by atoms with Crippen LogP contribution in [0.5, 0.6) is 0 Å². The molecule has 0 saturated carbocycles. The summed E-state index contributed by atoms with van der Waals surface area (Å²) >= 11 is 3.30. The number of nitrogens with one attached hydrogen (secondary N) is 3. The maximum atomic E-state index is 13.4. The molecule has 0 heterocycles. The third-order valence-electron chi connectivity index (χ3n) is 4.55. The van der Waals surface area contributed by atoms with Crippen molar-refractivity contribution in [3.05, 3.63) is 88.6 Å². The van der Waals surface area contributed by atoms with E-state index in [0.717, 1.165) is 28.7 Å². The summed E-state index contributed by atoms with van der Waals surface area (Å²) in [4.78, 5) is 26.2. The first-order valence-electron chi connectivity index (χ1n) is 9.93. The number of carbonyl (C=O) groups is 2. The van der Waals surface area contributed by atoms with Gasteiger partial charge in [0, 0.05) is 34.6 Å². The maximum Gasteiger partial charge on any atom is 0.416 e. The molecule has 3 N–H and O–H groups in total. The maximum absolute atomic E-state index is 13.4. The quantitative estimate of drug-likeness (QED) is 0.315. The van der Waals surface area contributed by atoms with Gasteiger partial charge < -0.3 is 16.0 Å². The van der Waals surface area contributed by atoms with Crippen LogP contribution in [0.4, 0.5) is 44.2 Å². The second kappa shape index (κ2) is 11.0. The van der Waals surface area contributed by atoms with E-state index in [1.54, 1.807) is 24.3 Å². The Kier molecular flexibility index (Phi) is 8.11. The van der Waals surface area contributed by atoms with E-state index in [2.05, 4.69) is 31.9 Å². The SMILES string of the molecule is O=C(NCCN(C(=O)Nc1cccc(C(F)(F)F)c1)c1ccc(F)cc1)Nc1ccc(Br)cc1. The van der Waals surface area contributed by atoms with E-state index in [9.17, 15) is 27.2 Å². The lowest BCUT2D eigenvalue weighted by Crippen LogP contribution is -2.42. The van der Waals surface area contributed by atoms with Crippen molar-refractivity contribution in [3.63, 3.8) is 0 Å². The number of carbonyl (C=O) groups excluding carboxylic acids is 2. The molecule has 6 nitrogen and oxygen atoms in total. The number of hydrogen-bond acceptors (Lipinski definition) is 2. The summed E-state index contributed by atoms with van der Waals surface area (Å²) in [5.74, 6) is -0.519. The van der Waals surface area contributed by atoms with Crippen LogP contribution in [0.1, 0.15) is 5.56 Å². The minimum Gasteiger partial charge on any atom is -0.336 e. The Labute approximate surface area is 201 Å². The molecule has 34 heavy (non-hydrogen) atoms. The molecule has 11 heteroatoms. The number of hydrogen-bond donors (Lipinski definition) is 3. The van der Waals surface area contributed by atoms with Crippen LogP contribution < -0.4 is 20.9 Å². The largest absolute Gasteiger partial charge is 0.416 e. The van der Waals surface area contributed by atoms with E-state index < -0.39 is 29.6 Å². The van der Waals surface area contributed by atoms with Gasteiger partial charge in [0.1, 0.15) is 5.82 Å². The van der Waals surface area contributed by atoms with E-state index in [-0.39, 0.29) is 18.8 Å². The van der Waals surface area contributed by atoms with E-state index in [1.165, 1.54) is 29.2 Å². The lowest BCUT2D eigenvalue weighted by molar-refractivity contribution is -0.137. The summed E-state index contributed by atoms with van der Waals surface area (Å²) in [6.07, 6.45) is -4.57. The Bertz CT molecular complexity index is 1140. The molecule has 3 aromatic carbocycles. The van der Waals surface area contributed by atoms with Crippen molar-refractivity contribution in [1.29, 1.82) is 0 Å².